The summed E-state index contributed by atoms with van der Waals surface area (Å²) in [5.41, 5.74) is 1.20. The van der Waals surface area contributed by atoms with Gasteiger partial charge in [-0.2, -0.15) is 0 Å². The fourth-order valence-electron chi connectivity index (χ4n) is 3.27. The van der Waals surface area contributed by atoms with Gasteiger partial charge in [-0.15, -0.1) is 0 Å². The molecule has 1 amide bonds. The summed E-state index contributed by atoms with van der Waals surface area (Å²) >= 11 is 3.35. The van der Waals surface area contributed by atoms with Gasteiger partial charge in [0.15, 0.2) is 11.9 Å². The number of carbonyl (C=O) groups is 2. The number of hydrogen-bond acceptors (Lipinski definition) is 4. The number of fused-ring (bicyclic) bond motifs is 1. The van der Waals surface area contributed by atoms with Crippen molar-refractivity contribution in [2.24, 2.45) is 0 Å². The zero-order valence-corrected chi connectivity index (χ0v) is 18.7. The Balaban J connectivity index is 1.65. The molecule has 4 rings (SSSR count). The van der Waals surface area contributed by atoms with Crippen LogP contribution in [-0.4, -0.2) is 17.8 Å². The first kappa shape index (κ1) is 21.8. The maximum atomic E-state index is 13.2. The predicted molar refractivity (Wildman–Crippen MR) is 124 cm³/mol. The molecule has 3 aromatic carbocycles. The number of rotatable bonds is 7. The minimum atomic E-state index is -0.843. The molecule has 32 heavy (non-hydrogen) atoms. The van der Waals surface area contributed by atoms with Crippen molar-refractivity contribution in [2.75, 3.05) is 5.32 Å². The number of ketones is 1. The maximum absolute atomic E-state index is 13.2. The minimum Gasteiger partial charge on any atom is -0.481 e. The first-order valence-electron chi connectivity index (χ1n) is 10.0. The smallest absolute Gasteiger partial charge is 0.265 e. The first-order valence-corrected chi connectivity index (χ1v) is 10.8. The van der Waals surface area contributed by atoms with Crippen LogP contribution in [-0.2, 0) is 4.79 Å². The lowest BCUT2D eigenvalue weighted by Gasteiger charge is -2.17. The summed E-state index contributed by atoms with van der Waals surface area (Å²) in [6.07, 6.45) is -0.473. The van der Waals surface area contributed by atoms with E-state index in [0.717, 1.165) is 4.47 Å². The lowest BCUT2D eigenvalue weighted by atomic mass is 10.1. The van der Waals surface area contributed by atoms with E-state index in [2.05, 4.69) is 21.2 Å². The number of carbonyl (C=O) groups excluding carboxylic acids is 2. The van der Waals surface area contributed by atoms with E-state index in [1.54, 1.807) is 55.5 Å². The molecule has 1 N–H and O–H groups in total. The fraction of sp³-hybridized carbons (Fsp3) is 0.120. The molecule has 0 aliphatic heterocycles. The number of hydrogen-bond donors (Lipinski definition) is 1. The Kier molecular flexibility index (Phi) is 6.37. The van der Waals surface area contributed by atoms with E-state index in [1.807, 2.05) is 0 Å². The zero-order chi connectivity index (χ0) is 22.7. The molecule has 0 fully saturated rings. The normalized spacial score (nSPS) is 11.8. The Morgan fingerprint density at radius 3 is 2.41 bits per heavy atom. The van der Waals surface area contributed by atoms with Gasteiger partial charge in [-0.1, -0.05) is 35.0 Å². The third-order valence-electron chi connectivity index (χ3n) is 4.91. The molecule has 162 valence electrons. The second-order valence-electron chi connectivity index (χ2n) is 7.10. The SMILES string of the molecule is CC[C@H](Oc1ccc(F)cc1)C(=O)Nc1c(C(=O)c2ccc(Br)cc2)oc2ccccc12. The Morgan fingerprint density at radius 1 is 1.03 bits per heavy atom. The topological polar surface area (TPSA) is 68.5 Å². The van der Waals surface area contributed by atoms with E-state index >= 15 is 0 Å². The van der Waals surface area contributed by atoms with Crippen molar-refractivity contribution in [2.45, 2.75) is 19.4 Å². The highest BCUT2D eigenvalue weighted by Crippen LogP contribution is 2.33. The number of anilines is 1. The molecule has 0 spiro atoms. The van der Waals surface area contributed by atoms with Gasteiger partial charge in [0.1, 0.15) is 17.1 Å². The Bertz CT molecular complexity index is 1270. The Morgan fingerprint density at radius 2 is 1.72 bits per heavy atom. The van der Waals surface area contributed by atoms with Crippen LogP contribution in [0.15, 0.2) is 81.7 Å². The zero-order valence-electron chi connectivity index (χ0n) is 17.1. The van der Waals surface area contributed by atoms with Gasteiger partial charge in [0.2, 0.25) is 5.78 Å². The van der Waals surface area contributed by atoms with Gasteiger partial charge in [-0.3, -0.25) is 9.59 Å². The van der Waals surface area contributed by atoms with Crippen molar-refractivity contribution < 1.29 is 23.1 Å². The van der Waals surface area contributed by atoms with Gasteiger partial charge in [0.05, 0.1) is 5.69 Å². The van der Waals surface area contributed by atoms with Crippen LogP contribution in [0, 0.1) is 5.82 Å². The van der Waals surface area contributed by atoms with Crippen molar-refractivity contribution in [1.29, 1.82) is 0 Å². The van der Waals surface area contributed by atoms with Gasteiger partial charge in [-0.05, 0) is 67.1 Å². The Labute approximate surface area is 192 Å². The molecule has 0 aliphatic rings. The van der Waals surface area contributed by atoms with Crippen LogP contribution in [0.2, 0.25) is 0 Å². The summed E-state index contributed by atoms with van der Waals surface area (Å²) < 4.78 is 25.6. The molecule has 1 atom stereocenters. The lowest BCUT2D eigenvalue weighted by molar-refractivity contribution is -0.122. The second-order valence-corrected chi connectivity index (χ2v) is 8.01. The van der Waals surface area contributed by atoms with Gasteiger partial charge in [-0.25, -0.2) is 4.39 Å². The number of furan rings is 1. The largest absolute Gasteiger partial charge is 0.481 e. The second kappa shape index (κ2) is 9.36. The molecule has 0 saturated carbocycles. The summed E-state index contributed by atoms with van der Waals surface area (Å²) in [6.45, 7) is 1.80. The van der Waals surface area contributed by atoms with Gasteiger partial charge in [0, 0.05) is 15.4 Å². The molecule has 0 aliphatic carbocycles. The predicted octanol–water partition coefficient (Wildman–Crippen LogP) is 6.36. The number of nitrogens with one attached hydrogen (secondary N) is 1. The highest BCUT2D eigenvalue weighted by molar-refractivity contribution is 9.10. The van der Waals surface area contributed by atoms with E-state index in [-0.39, 0.29) is 11.5 Å². The summed E-state index contributed by atoms with van der Waals surface area (Å²) in [6, 6.07) is 19.4. The van der Waals surface area contributed by atoms with Crippen molar-refractivity contribution in [3.8, 4) is 5.75 Å². The molecule has 0 saturated heterocycles. The quantitative estimate of drug-likeness (QED) is 0.303. The first-order chi connectivity index (χ1) is 15.5. The van der Waals surface area contributed by atoms with E-state index in [1.165, 1.54) is 24.3 Å². The van der Waals surface area contributed by atoms with E-state index in [4.69, 9.17) is 9.15 Å². The Hall–Kier alpha value is -3.45. The summed E-state index contributed by atoms with van der Waals surface area (Å²) in [5.74, 6) is -0.768. The highest BCUT2D eigenvalue weighted by Gasteiger charge is 2.26. The van der Waals surface area contributed by atoms with Crippen LogP contribution in [0.1, 0.15) is 29.5 Å². The fourth-order valence-corrected chi connectivity index (χ4v) is 3.53. The summed E-state index contributed by atoms with van der Waals surface area (Å²) in [7, 11) is 0. The molecule has 1 aromatic heterocycles. The third-order valence-corrected chi connectivity index (χ3v) is 5.44. The lowest BCUT2D eigenvalue weighted by Crippen LogP contribution is -2.32. The molecule has 4 aromatic rings. The average Bonchev–Trinajstić information content (AvgIpc) is 3.17. The van der Waals surface area contributed by atoms with Crippen LogP contribution in [0.3, 0.4) is 0 Å². The van der Waals surface area contributed by atoms with Crippen molar-refractivity contribution in [3.05, 3.63) is 94.4 Å². The standard InChI is InChI=1S/C25H19BrFNO4/c1-2-20(31-18-13-11-17(27)12-14-18)25(30)28-22-19-5-3-4-6-21(19)32-24(22)23(29)15-7-9-16(26)10-8-15/h3-14,20H,2H2,1H3,(H,28,30)/t20-/m0/s1. The number of benzene rings is 3. The monoisotopic (exact) mass is 495 g/mol. The average molecular weight is 496 g/mol. The number of amides is 1. The van der Waals surface area contributed by atoms with E-state index < -0.39 is 17.8 Å². The van der Waals surface area contributed by atoms with E-state index in [0.29, 0.717) is 34.4 Å². The molecule has 0 bridgehead atoms. The summed E-state index contributed by atoms with van der Waals surface area (Å²) in [5, 5.41) is 3.43. The molecule has 0 unspecified atom stereocenters. The van der Waals surface area contributed by atoms with Crippen LogP contribution in [0.25, 0.3) is 11.0 Å². The van der Waals surface area contributed by atoms with Crippen LogP contribution in [0.5, 0.6) is 5.75 Å². The molecule has 0 radical (unpaired) electrons. The maximum Gasteiger partial charge on any atom is 0.265 e. The molecular formula is C25H19BrFNO4. The van der Waals surface area contributed by atoms with Crippen molar-refractivity contribution in [1.82, 2.24) is 0 Å². The summed E-state index contributed by atoms with van der Waals surface area (Å²) in [4.78, 5) is 26.2. The molecular weight excluding hydrogens is 477 g/mol. The molecule has 1 heterocycles. The molecule has 7 heteroatoms. The van der Waals surface area contributed by atoms with Crippen LogP contribution < -0.4 is 10.1 Å². The highest BCUT2D eigenvalue weighted by atomic mass is 79.9. The van der Waals surface area contributed by atoms with Gasteiger partial charge < -0.3 is 14.5 Å². The number of para-hydroxylation sites is 1. The number of ether oxygens (including phenoxy) is 1. The molecule has 5 nitrogen and oxygen atoms in total. The van der Waals surface area contributed by atoms with E-state index in [9.17, 15) is 14.0 Å². The minimum absolute atomic E-state index is 0.0403. The van der Waals surface area contributed by atoms with Crippen LogP contribution in [0.4, 0.5) is 10.1 Å². The number of halogens is 2. The third kappa shape index (κ3) is 4.57. The van der Waals surface area contributed by atoms with Crippen molar-refractivity contribution in [3.63, 3.8) is 0 Å². The van der Waals surface area contributed by atoms with Gasteiger partial charge in [0.25, 0.3) is 5.91 Å². The van der Waals surface area contributed by atoms with Crippen molar-refractivity contribution >= 4 is 44.3 Å². The van der Waals surface area contributed by atoms with Crippen LogP contribution >= 0.6 is 15.9 Å². The van der Waals surface area contributed by atoms with Gasteiger partial charge >= 0.3 is 0 Å².